The zero-order valence-corrected chi connectivity index (χ0v) is 18.4. The first-order valence-electron chi connectivity index (χ1n) is 10.5. The Balaban J connectivity index is 1.32. The van der Waals surface area contributed by atoms with Gasteiger partial charge >= 0.3 is 0 Å². The van der Waals surface area contributed by atoms with Gasteiger partial charge in [-0.05, 0) is 32.0 Å². The summed E-state index contributed by atoms with van der Waals surface area (Å²) in [5.41, 5.74) is 1.70. The lowest BCUT2D eigenvalue weighted by Gasteiger charge is -2.38. The molecule has 3 aromatic heterocycles. The number of anilines is 3. The Morgan fingerprint density at radius 1 is 1.06 bits per heavy atom. The third-order valence-electron chi connectivity index (χ3n) is 5.90. The molecule has 3 aromatic rings. The fourth-order valence-electron chi connectivity index (χ4n) is 4.14. The van der Waals surface area contributed by atoms with Crippen LogP contribution in [0.1, 0.15) is 13.8 Å². The van der Waals surface area contributed by atoms with Crippen LogP contribution in [0.25, 0.3) is 11.0 Å². The number of fused-ring (bicyclic) bond motifs is 3. The lowest BCUT2D eigenvalue weighted by atomic mass is 10.2. The first kappa shape index (κ1) is 20.2. The van der Waals surface area contributed by atoms with Crippen molar-refractivity contribution in [2.75, 3.05) is 42.9 Å². The fourth-order valence-corrected chi connectivity index (χ4v) is 5.40. The van der Waals surface area contributed by atoms with E-state index in [0.717, 1.165) is 31.9 Å². The first-order chi connectivity index (χ1) is 14.9. The van der Waals surface area contributed by atoms with Crippen LogP contribution in [0.4, 0.5) is 17.5 Å². The van der Waals surface area contributed by atoms with E-state index >= 15 is 0 Å². The molecule has 0 radical (unpaired) electrons. The minimum absolute atomic E-state index is 0.222. The highest BCUT2D eigenvalue weighted by Gasteiger charge is 2.26. The zero-order chi connectivity index (χ0) is 21.6. The highest BCUT2D eigenvalue weighted by molar-refractivity contribution is 7.89. The van der Waals surface area contributed by atoms with Crippen molar-refractivity contribution in [2.45, 2.75) is 31.5 Å². The summed E-state index contributed by atoms with van der Waals surface area (Å²) < 4.78 is 28.7. The molecule has 10 nitrogen and oxygen atoms in total. The Hall–Kier alpha value is -2.76. The van der Waals surface area contributed by atoms with E-state index in [4.69, 9.17) is 0 Å². The molecule has 0 aliphatic carbocycles. The van der Waals surface area contributed by atoms with Crippen molar-refractivity contribution >= 4 is 38.5 Å². The number of hydrogen-bond donors (Lipinski definition) is 2. The number of aromatic nitrogens is 4. The molecule has 0 spiro atoms. The van der Waals surface area contributed by atoms with Gasteiger partial charge < -0.3 is 14.8 Å². The molecule has 11 heteroatoms. The van der Waals surface area contributed by atoms with Crippen molar-refractivity contribution in [2.24, 2.45) is 0 Å². The molecule has 0 atom stereocenters. The van der Waals surface area contributed by atoms with Crippen LogP contribution < -0.4 is 14.9 Å². The first-order valence-corrected chi connectivity index (χ1v) is 12.0. The molecule has 5 heterocycles. The zero-order valence-electron chi connectivity index (χ0n) is 17.6. The average molecular weight is 443 g/mol. The minimum Gasteiger partial charge on any atom is -0.368 e. The van der Waals surface area contributed by atoms with Crippen molar-refractivity contribution in [3.63, 3.8) is 0 Å². The second-order valence-electron chi connectivity index (χ2n) is 8.15. The maximum Gasteiger partial charge on any atom is 0.256 e. The SMILES string of the molecule is CC(C)N1CCN(c2ccc(Nc3ncc4cc5n(c4n3)CCNS5(=O)=O)nc2)CC1. The van der Waals surface area contributed by atoms with Gasteiger partial charge in [0.1, 0.15) is 11.5 Å². The smallest absolute Gasteiger partial charge is 0.256 e. The van der Waals surface area contributed by atoms with Crippen LogP contribution in [0.2, 0.25) is 0 Å². The number of hydrogen-bond acceptors (Lipinski definition) is 8. The molecule has 0 aromatic carbocycles. The molecule has 31 heavy (non-hydrogen) atoms. The van der Waals surface area contributed by atoms with Crippen LogP contribution in [-0.2, 0) is 16.6 Å². The summed E-state index contributed by atoms with van der Waals surface area (Å²) in [6.45, 7) is 9.43. The lowest BCUT2D eigenvalue weighted by molar-refractivity contribution is 0.209. The number of rotatable bonds is 4. The maximum atomic E-state index is 12.2. The summed E-state index contributed by atoms with van der Waals surface area (Å²) in [5, 5.41) is 4.04. The van der Waals surface area contributed by atoms with Crippen LogP contribution in [0, 0.1) is 0 Å². The van der Waals surface area contributed by atoms with Gasteiger partial charge in [0.25, 0.3) is 10.0 Å². The topological polar surface area (TPSA) is 108 Å². The Kier molecular flexibility index (Phi) is 5.03. The summed E-state index contributed by atoms with van der Waals surface area (Å²) in [6.07, 6.45) is 3.50. The summed E-state index contributed by atoms with van der Waals surface area (Å²) in [7, 11) is -3.49. The normalized spacial score (nSPS) is 19.0. The Morgan fingerprint density at radius 3 is 2.58 bits per heavy atom. The number of nitrogens with zero attached hydrogens (tertiary/aromatic N) is 6. The molecule has 2 N–H and O–H groups in total. The third-order valence-corrected chi connectivity index (χ3v) is 7.37. The third kappa shape index (κ3) is 3.84. The van der Waals surface area contributed by atoms with Gasteiger partial charge in [-0.2, -0.15) is 4.98 Å². The molecule has 5 rings (SSSR count). The van der Waals surface area contributed by atoms with Crippen molar-refractivity contribution in [3.05, 3.63) is 30.6 Å². The summed E-state index contributed by atoms with van der Waals surface area (Å²) in [6, 6.07) is 6.15. The molecule has 0 saturated carbocycles. The molecule has 2 aliphatic heterocycles. The standard InChI is InChI=1S/C20H26N8O2S/c1-14(2)26-7-9-27(10-8-26)16-3-4-17(21-13-16)24-20-22-12-15-11-18-28(19(15)25-20)6-5-23-31(18,29)30/h3-4,11-14,23H,5-10H2,1-2H3,(H,21,22,24,25). The van der Waals surface area contributed by atoms with Gasteiger partial charge in [-0.15, -0.1) is 0 Å². The predicted octanol–water partition coefficient (Wildman–Crippen LogP) is 1.39. The van der Waals surface area contributed by atoms with Crippen molar-refractivity contribution in [1.29, 1.82) is 0 Å². The van der Waals surface area contributed by atoms with Gasteiger partial charge in [-0.25, -0.2) is 23.1 Å². The van der Waals surface area contributed by atoms with Crippen LogP contribution in [0.3, 0.4) is 0 Å². The van der Waals surface area contributed by atoms with Gasteiger partial charge in [0.15, 0.2) is 5.03 Å². The Morgan fingerprint density at radius 2 is 1.87 bits per heavy atom. The molecule has 1 fully saturated rings. The lowest BCUT2D eigenvalue weighted by Crippen LogP contribution is -2.48. The molecule has 2 aliphatic rings. The molecule has 0 unspecified atom stereocenters. The van der Waals surface area contributed by atoms with Gasteiger partial charge in [-0.3, -0.25) is 4.90 Å². The van der Waals surface area contributed by atoms with Crippen molar-refractivity contribution in [3.8, 4) is 0 Å². The number of nitrogens with one attached hydrogen (secondary N) is 2. The van der Waals surface area contributed by atoms with Gasteiger partial charge in [0, 0.05) is 56.9 Å². The monoisotopic (exact) mass is 442 g/mol. The highest BCUT2D eigenvalue weighted by Crippen LogP contribution is 2.25. The summed E-state index contributed by atoms with van der Waals surface area (Å²) in [5.74, 6) is 1.03. The van der Waals surface area contributed by atoms with Crippen molar-refractivity contribution < 1.29 is 8.42 Å². The van der Waals surface area contributed by atoms with Gasteiger partial charge in [0.2, 0.25) is 5.95 Å². The van der Waals surface area contributed by atoms with E-state index in [-0.39, 0.29) is 5.03 Å². The molecule has 164 valence electrons. The molecular formula is C20H26N8O2S. The second-order valence-corrected chi connectivity index (χ2v) is 9.86. The molecule has 0 bridgehead atoms. The predicted molar refractivity (Wildman–Crippen MR) is 119 cm³/mol. The van der Waals surface area contributed by atoms with Crippen LogP contribution >= 0.6 is 0 Å². The number of pyridine rings is 1. The molecule has 0 amide bonds. The largest absolute Gasteiger partial charge is 0.368 e. The van der Waals surface area contributed by atoms with Crippen LogP contribution in [0.15, 0.2) is 35.6 Å². The van der Waals surface area contributed by atoms with Crippen LogP contribution in [-0.4, -0.2) is 71.6 Å². The van der Waals surface area contributed by atoms with Gasteiger partial charge in [-0.1, -0.05) is 0 Å². The van der Waals surface area contributed by atoms with E-state index in [2.05, 4.69) is 54.7 Å². The van der Waals surface area contributed by atoms with E-state index in [0.29, 0.717) is 41.9 Å². The van der Waals surface area contributed by atoms with E-state index in [1.807, 2.05) is 12.3 Å². The molecule has 1 saturated heterocycles. The van der Waals surface area contributed by atoms with Crippen LogP contribution in [0.5, 0.6) is 0 Å². The van der Waals surface area contributed by atoms with E-state index < -0.39 is 10.0 Å². The quantitative estimate of drug-likeness (QED) is 0.624. The highest BCUT2D eigenvalue weighted by atomic mass is 32.2. The van der Waals surface area contributed by atoms with E-state index in [1.54, 1.807) is 16.8 Å². The minimum atomic E-state index is -3.49. The molecular weight excluding hydrogens is 416 g/mol. The average Bonchev–Trinajstić information content (AvgIpc) is 3.14. The number of sulfonamides is 1. The summed E-state index contributed by atoms with van der Waals surface area (Å²) >= 11 is 0. The van der Waals surface area contributed by atoms with Crippen molar-refractivity contribution in [1.82, 2.24) is 29.1 Å². The summed E-state index contributed by atoms with van der Waals surface area (Å²) in [4.78, 5) is 18.2. The van der Waals surface area contributed by atoms with E-state index in [1.165, 1.54) is 0 Å². The fraction of sp³-hybridized carbons (Fsp3) is 0.450. The number of piperazine rings is 1. The van der Waals surface area contributed by atoms with Gasteiger partial charge in [0.05, 0.1) is 11.9 Å². The second kappa shape index (κ2) is 7.74. The Bertz CT molecular complexity index is 1200. The maximum absolute atomic E-state index is 12.2. The van der Waals surface area contributed by atoms with E-state index in [9.17, 15) is 8.42 Å². The Labute approximate surface area is 181 Å².